The maximum absolute atomic E-state index is 9.06. The standard InChI is InChI=1S/C24H16N2O/c25-17-19-11-14-20(15-12-19)23-22(16-13-18-7-3-1-4-8-18)27-26-24(23)21-9-5-2-6-10-21/h1-16H/b16-13+. The second-order valence-corrected chi connectivity index (χ2v) is 6.07. The van der Waals surface area contributed by atoms with Gasteiger partial charge in [-0.25, -0.2) is 0 Å². The summed E-state index contributed by atoms with van der Waals surface area (Å²) in [5.41, 5.74) is 5.35. The number of aromatic nitrogens is 1. The molecule has 0 saturated carbocycles. The van der Waals surface area contributed by atoms with E-state index < -0.39 is 0 Å². The fourth-order valence-corrected chi connectivity index (χ4v) is 2.94. The van der Waals surface area contributed by atoms with Gasteiger partial charge < -0.3 is 4.52 Å². The molecule has 4 aromatic rings. The predicted octanol–water partition coefficient (Wildman–Crippen LogP) is 6.05. The van der Waals surface area contributed by atoms with E-state index >= 15 is 0 Å². The number of benzene rings is 3. The molecule has 0 radical (unpaired) electrons. The Morgan fingerprint density at radius 3 is 2.07 bits per heavy atom. The van der Waals surface area contributed by atoms with E-state index in [0.717, 1.165) is 27.9 Å². The van der Waals surface area contributed by atoms with E-state index in [0.29, 0.717) is 11.3 Å². The summed E-state index contributed by atoms with van der Waals surface area (Å²) >= 11 is 0. The van der Waals surface area contributed by atoms with E-state index in [2.05, 4.69) is 11.2 Å². The summed E-state index contributed by atoms with van der Waals surface area (Å²) in [5, 5.41) is 13.4. The van der Waals surface area contributed by atoms with Crippen molar-refractivity contribution in [1.29, 1.82) is 5.26 Å². The highest BCUT2D eigenvalue weighted by Crippen LogP contribution is 2.35. The first-order valence-electron chi connectivity index (χ1n) is 8.64. The van der Waals surface area contributed by atoms with Crippen molar-refractivity contribution < 1.29 is 4.52 Å². The third kappa shape index (κ3) is 3.56. The van der Waals surface area contributed by atoms with Crippen molar-refractivity contribution in [3.63, 3.8) is 0 Å². The molecular formula is C24H16N2O. The van der Waals surface area contributed by atoms with Crippen LogP contribution >= 0.6 is 0 Å². The van der Waals surface area contributed by atoms with E-state index in [4.69, 9.17) is 9.78 Å². The minimum absolute atomic E-state index is 0.623. The molecule has 0 aliphatic rings. The van der Waals surface area contributed by atoms with E-state index in [-0.39, 0.29) is 0 Å². The van der Waals surface area contributed by atoms with Crippen LogP contribution in [0.1, 0.15) is 16.9 Å². The van der Waals surface area contributed by atoms with Crippen molar-refractivity contribution in [3.05, 3.63) is 102 Å². The first-order chi connectivity index (χ1) is 13.3. The molecule has 0 spiro atoms. The van der Waals surface area contributed by atoms with E-state index in [9.17, 15) is 0 Å². The lowest BCUT2D eigenvalue weighted by atomic mass is 9.98. The van der Waals surface area contributed by atoms with Gasteiger partial charge in [0.25, 0.3) is 0 Å². The van der Waals surface area contributed by atoms with Crippen molar-refractivity contribution >= 4 is 12.2 Å². The van der Waals surface area contributed by atoms with Crippen LogP contribution < -0.4 is 0 Å². The van der Waals surface area contributed by atoms with Gasteiger partial charge in [-0.1, -0.05) is 84.0 Å². The number of rotatable bonds is 4. The van der Waals surface area contributed by atoms with Gasteiger partial charge in [-0.2, -0.15) is 5.26 Å². The lowest BCUT2D eigenvalue weighted by molar-refractivity contribution is 0.416. The molecule has 0 bridgehead atoms. The van der Waals surface area contributed by atoms with Crippen LogP contribution in [0.15, 0.2) is 89.5 Å². The number of hydrogen-bond donors (Lipinski definition) is 0. The molecule has 0 aliphatic carbocycles. The van der Waals surface area contributed by atoms with Crippen LogP contribution in [0.2, 0.25) is 0 Å². The van der Waals surface area contributed by atoms with Crippen LogP contribution in [0, 0.1) is 11.3 Å². The van der Waals surface area contributed by atoms with Gasteiger partial charge in [0, 0.05) is 5.56 Å². The van der Waals surface area contributed by atoms with Crippen LogP contribution in [-0.4, -0.2) is 5.16 Å². The minimum atomic E-state index is 0.623. The Morgan fingerprint density at radius 2 is 1.41 bits per heavy atom. The van der Waals surface area contributed by atoms with Gasteiger partial charge in [0.15, 0.2) is 5.76 Å². The van der Waals surface area contributed by atoms with Crippen LogP contribution in [0.25, 0.3) is 34.5 Å². The number of hydrogen-bond acceptors (Lipinski definition) is 3. The molecule has 0 aliphatic heterocycles. The minimum Gasteiger partial charge on any atom is -0.356 e. The summed E-state index contributed by atoms with van der Waals surface area (Å²) in [4.78, 5) is 0. The summed E-state index contributed by atoms with van der Waals surface area (Å²) in [6.07, 6.45) is 3.94. The summed E-state index contributed by atoms with van der Waals surface area (Å²) in [5.74, 6) is 0.683. The second-order valence-electron chi connectivity index (χ2n) is 6.07. The molecule has 0 saturated heterocycles. The molecule has 1 aromatic heterocycles. The Kier molecular flexibility index (Phi) is 4.63. The van der Waals surface area contributed by atoms with Gasteiger partial charge >= 0.3 is 0 Å². The Labute approximate surface area is 157 Å². The molecule has 128 valence electrons. The molecular weight excluding hydrogens is 332 g/mol. The molecule has 0 atom stereocenters. The average molecular weight is 348 g/mol. The summed E-state index contributed by atoms with van der Waals surface area (Å²) in [7, 11) is 0. The number of nitriles is 1. The zero-order valence-corrected chi connectivity index (χ0v) is 14.5. The molecule has 1 heterocycles. The summed E-state index contributed by atoms with van der Waals surface area (Å²) < 4.78 is 5.68. The zero-order valence-electron chi connectivity index (χ0n) is 14.5. The first kappa shape index (κ1) is 16.6. The van der Waals surface area contributed by atoms with Crippen molar-refractivity contribution in [3.8, 4) is 28.5 Å². The van der Waals surface area contributed by atoms with Crippen molar-refractivity contribution in [2.75, 3.05) is 0 Å². The van der Waals surface area contributed by atoms with Gasteiger partial charge in [0.2, 0.25) is 0 Å². The van der Waals surface area contributed by atoms with Crippen LogP contribution in [0.5, 0.6) is 0 Å². The van der Waals surface area contributed by atoms with Crippen LogP contribution in [-0.2, 0) is 0 Å². The summed E-state index contributed by atoms with van der Waals surface area (Å²) in [6.45, 7) is 0. The predicted molar refractivity (Wildman–Crippen MR) is 107 cm³/mol. The highest BCUT2D eigenvalue weighted by molar-refractivity contribution is 5.87. The van der Waals surface area contributed by atoms with Crippen LogP contribution in [0.4, 0.5) is 0 Å². The second kappa shape index (κ2) is 7.55. The monoisotopic (exact) mass is 348 g/mol. The molecule has 27 heavy (non-hydrogen) atoms. The lowest BCUT2D eigenvalue weighted by Crippen LogP contribution is -1.85. The Bertz CT molecular complexity index is 1100. The third-order valence-corrected chi connectivity index (χ3v) is 4.30. The fraction of sp³-hybridized carbons (Fsp3) is 0. The van der Waals surface area contributed by atoms with Gasteiger partial charge in [0.1, 0.15) is 5.69 Å². The molecule has 0 unspecified atom stereocenters. The molecule has 3 heteroatoms. The van der Waals surface area contributed by atoms with Gasteiger partial charge in [-0.3, -0.25) is 0 Å². The largest absolute Gasteiger partial charge is 0.356 e. The highest BCUT2D eigenvalue weighted by atomic mass is 16.5. The third-order valence-electron chi connectivity index (χ3n) is 4.30. The summed E-state index contributed by atoms with van der Waals surface area (Å²) in [6, 6.07) is 29.6. The van der Waals surface area contributed by atoms with Crippen LogP contribution in [0.3, 0.4) is 0 Å². The van der Waals surface area contributed by atoms with E-state index in [1.807, 2.05) is 97.1 Å². The fourth-order valence-electron chi connectivity index (χ4n) is 2.94. The number of nitrogens with zero attached hydrogens (tertiary/aromatic N) is 2. The average Bonchev–Trinajstić information content (AvgIpc) is 3.17. The quantitative estimate of drug-likeness (QED) is 0.451. The van der Waals surface area contributed by atoms with Gasteiger partial charge in [-0.15, -0.1) is 0 Å². The molecule has 0 N–H and O–H groups in total. The topological polar surface area (TPSA) is 49.8 Å². The molecule has 4 rings (SSSR count). The first-order valence-corrected chi connectivity index (χ1v) is 8.64. The molecule has 3 nitrogen and oxygen atoms in total. The van der Waals surface area contributed by atoms with Crippen molar-refractivity contribution in [2.24, 2.45) is 0 Å². The van der Waals surface area contributed by atoms with E-state index in [1.165, 1.54) is 0 Å². The lowest BCUT2D eigenvalue weighted by Gasteiger charge is -2.03. The van der Waals surface area contributed by atoms with Crippen molar-refractivity contribution in [1.82, 2.24) is 5.16 Å². The molecule has 3 aromatic carbocycles. The Hall–Kier alpha value is -3.90. The van der Waals surface area contributed by atoms with Crippen molar-refractivity contribution in [2.45, 2.75) is 0 Å². The molecule has 0 fully saturated rings. The smallest absolute Gasteiger partial charge is 0.168 e. The maximum Gasteiger partial charge on any atom is 0.168 e. The Morgan fingerprint density at radius 1 is 0.741 bits per heavy atom. The molecule has 0 amide bonds. The zero-order chi connectivity index (χ0) is 18.5. The maximum atomic E-state index is 9.06. The highest BCUT2D eigenvalue weighted by Gasteiger charge is 2.17. The SMILES string of the molecule is N#Cc1ccc(-c2c(-c3ccccc3)noc2/C=C/c2ccccc2)cc1. The van der Waals surface area contributed by atoms with Gasteiger partial charge in [-0.05, 0) is 29.3 Å². The normalized spacial score (nSPS) is 10.8. The van der Waals surface area contributed by atoms with E-state index in [1.54, 1.807) is 0 Å². The van der Waals surface area contributed by atoms with Gasteiger partial charge in [0.05, 0.1) is 17.2 Å². The Balaban J connectivity index is 1.83.